The maximum absolute atomic E-state index is 11.3. The average Bonchev–Trinajstić information content (AvgIpc) is 2.47. The molecule has 1 fully saturated rings. The number of benzene rings is 1. The van der Waals surface area contributed by atoms with Gasteiger partial charge in [-0.2, -0.15) is 12.7 Å². The summed E-state index contributed by atoms with van der Waals surface area (Å²) in [5.41, 5.74) is 1.12. The smallest absolute Gasteiger partial charge is 0.256 e. The highest BCUT2D eigenvalue weighted by molar-refractivity contribution is 7.84. The van der Waals surface area contributed by atoms with Gasteiger partial charge in [-0.3, -0.25) is 4.18 Å². The van der Waals surface area contributed by atoms with Gasteiger partial charge in [0, 0.05) is 7.05 Å². The standard InChI is InChI=1S/C10H13NO3S/c1-11-10(8-14-15(11,12)13)7-9-5-3-2-4-6-9/h2-6,10H,7-8H2,1H3/t10-/m0/s1. The first-order valence-electron chi connectivity index (χ1n) is 4.76. The number of hydrogen-bond donors (Lipinski definition) is 0. The van der Waals surface area contributed by atoms with E-state index < -0.39 is 10.3 Å². The molecule has 82 valence electrons. The molecule has 0 radical (unpaired) electrons. The number of hydrogen-bond acceptors (Lipinski definition) is 3. The fourth-order valence-corrected chi connectivity index (χ4v) is 2.60. The molecule has 1 aromatic carbocycles. The monoisotopic (exact) mass is 227 g/mol. The molecule has 4 nitrogen and oxygen atoms in total. The van der Waals surface area contributed by atoms with E-state index >= 15 is 0 Å². The summed E-state index contributed by atoms with van der Waals surface area (Å²) < 4.78 is 28.6. The third-order valence-electron chi connectivity index (χ3n) is 2.59. The second-order valence-electron chi connectivity index (χ2n) is 3.60. The lowest BCUT2D eigenvalue weighted by molar-refractivity contribution is 0.322. The Bertz CT molecular complexity index is 429. The SMILES string of the molecule is CN1[C@@H](Cc2ccccc2)COS1(=O)=O. The highest BCUT2D eigenvalue weighted by Gasteiger charge is 2.35. The fourth-order valence-electron chi connectivity index (χ4n) is 1.61. The maximum atomic E-state index is 11.3. The molecular weight excluding hydrogens is 214 g/mol. The van der Waals surface area contributed by atoms with Crippen LogP contribution in [0, 0.1) is 0 Å². The topological polar surface area (TPSA) is 46.6 Å². The molecule has 1 saturated heterocycles. The van der Waals surface area contributed by atoms with E-state index in [1.165, 1.54) is 4.31 Å². The first-order valence-corrected chi connectivity index (χ1v) is 6.12. The van der Waals surface area contributed by atoms with Crippen molar-refractivity contribution in [2.45, 2.75) is 12.5 Å². The van der Waals surface area contributed by atoms with Crippen molar-refractivity contribution in [3.8, 4) is 0 Å². The van der Waals surface area contributed by atoms with Gasteiger partial charge in [0.05, 0.1) is 12.6 Å². The van der Waals surface area contributed by atoms with Crippen molar-refractivity contribution in [3.05, 3.63) is 35.9 Å². The minimum atomic E-state index is -3.46. The van der Waals surface area contributed by atoms with Crippen molar-refractivity contribution in [2.75, 3.05) is 13.7 Å². The summed E-state index contributed by atoms with van der Waals surface area (Å²) in [6.45, 7) is 0.244. The van der Waals surface area contributed by atoms with E-state index in [4.69, 9.17) is 4.18 Å². The normalized spacial score (nSPS) is 25.5. The number of likely N-dealkylation sites (N-methyl/N-ethyl adjacent to an activating group) is 1. The Morgan fingerprint density at radius 1 is 1.40 bits per heavy atom. The molecule has 0 bridgehead atoms. The summed E-state index contributed by atoms with van der Waals surface area (Å²) in [7, 11) is -1.91. The molecule has 1 aliphatic heterocycles. The Morgan fingerprint density at radius 3 is 2.60 bits per heavy atom. The first kappa shape index (κ1) is 10.6. The van der Waals surface area contributed by atoms with Crippen LogP contribution in [0.2, 0.25) is 0 Å². The Hall–Kier alpha value is -0.910. The molecule has 1 aromatic rings. The second-order valence-corrected chi connectivity index (χ2v) is 5.27. The van der Waals surface area contributed by atoms with Gasteiger partial charge in [0.15, 0.2) is 0 Å². The Morgan fingerprint density at radius 2 is 2.07 bits per heavy atom. The summed E-state index contributed by atoms with van der Waals surface area (Å²) in [5, 5.41) is 0. The van der Waals surface area contributed by atoms with E-state index in [9.17, 15) is 8.42 Å². The summed E-state index contributed by atoms with van der Waals surface area (Å²) in [6.07, 6.45) is 0.691. The van der Waals surface area contributed by atoms with E-state index in [-0.39, 0.29) is 12.6 Å². The summed E-state index contributed by atoms with van der Waals surface area (Å²) in [4.78, 5) is 0. The molecule has 1 heterocycles. The maximum Gasteiger partial charge on any atom is 0.338 e. The third kappa shape index (κ3) is 2.19. The van der Waals surface area contributed by atoms with Crippen LogP contribution in [0.15, 0.2) is 30.3 Å². The lowest BCUT2D eigenvalue weighted by atomic mass is 10.1. The zero-order valence-corrected chi connectivity index (χ0v) is 9.28. The Kier molecular flexibility index (Phi) is 2.77. The second kappa shape index (κ2) is 3.92. The molecule has 0 N–H and O–H groups in total. The van der Waals surface area contributed by atoms with Crippen molar-refractivity contribution in [3.63, 3.8) is 0 Å². The highest BCUT2D eigenvalue weighted by Crippen LogP contribution is 2.19. The Balaban J connectivity index is 2.10. The summed E-state index contributed by atoms with van der Waals surface area (Å²) in [6, 6.07) is 9.71. The van der Waals surface area contributed by atoms with E-state index in [1.54, 1.807) is 7.05 Å². The van der Waals surface area contributed by atoms with Gasteiger partial charge >= 0.3 is 10.3 Å². The quantitative estimate of drug-likeness (QED) is 0.751. The minimum Gasteiger partial charge on any atom is -0.256 e. The van der Waals surface area contributed by atoms with E-state index in [0.29, 0.717) is 6.42 Å². The molecule has 0 unspecified atom stereocenters. The van der Waals surface area contributed by atoms with Crippen molar-refractivity contribution in [1.82, 2.24) is 4.31 Å². The molecule has 0 aliphatic carbocycles. The molecule has 2 rings (SSSR count). The van der Waals surface area contributed by atoms with Gasteiger partial charge in [0.25, 0.3) is 0 Å². The van der Waals surface area contributed by atoms with E-state index in [1.807, 2.05) is 30.3 Å². The summed E-state index contributed by atoms with van der Waals surface area (Å²) in [5.74, 6) is 0. The Labute approximate surface area is 89.7 Å². The van der Waals surface area contributed by atoms with Gasteiger partial charge in [-0.05, 0) is 12.0 Å². The van der Waals surface area contributed by atoms with Crippen LogP contribution in [-0.2, 0) is 20.9 Å². The van der Waals surface area contributed by atoms with Gasteiger partial charge in [-0.15, -0.1) is 0 Å². The lowest BCUT2D eigenvalue weighted by Gasteiger charge is -2.14. The number of nitrogens with zero attached hydrogens (tertiary/aromatic N) is 1. The molecule has 0 aromatic heterocycles. The van der Waals surface area contributed by atoms with Gasteiger partial charge in [-0.25, -0.2) is 0 Å². The predicted molar refractivity (Wildman–Crippen MR) is 56.6 cm³/mol. The average molecular weight is 227 g/mol. The molecule has 0 spiro atoms. The van der Waals surface area contributed by atoms with Crippen LogP contribution in [0.3, 0.4) is 0 Å². The van der Waals surface area contributed by atoms with E-state index in [0.717, 1.165) is 5.56 Å². The van der Waals surface area contributed by atoms with Crippen LogP contribution >= 0.6 is 0 Å². The van der Waals surface area contributed by atoms with Crippen LogP contribution < -0.4 is 0 Å². The molecule has 1 atom stereocenters. The molecule has 0 saturated carbocycles. The largest absolute Gasteiger partial charge is 0.338 e. The van der Waals surface area contributed by atoms with Crippen molar-refractivity contribution >= 4 is 10.3 Å². The first-order chi connectivity index (χ1) is 7.09. The van der Waals surface area contributed by atoms with E-state index in [2.05, 4.69) is 0 Å². The summed E-state index contributed by atoms with van der Waals surface area (Å²) >= 11 is 0. The number of rotatable bonds is 2. The molecule has 0 amide bonds. The molecule has 5 heteroatoms. The van der Waals surface area contributed by atoms with Crippen molar-refractivity contribution < 1.29 is 12.6 Å². The third-order valence-corrected chi connectivity index (χ3v) is 4.03. The van der Waals surface area contributed by atoms with Crippen molar-refractivity contribution in [1.29, 1.82) is 0 Å². The van der Waals surface area contributed by atoms with Crippen LogP contribution in [-0.4, -0.2) is 32.4 Å². The fraction of sp³-hybridized carbons (Fsp3) is 0.400. The van der Waals surface area contributed by atoms with Crippen molar-refractivity contribution in [2.24, 2.45) is 0 Å². The van der Waals surface area contributed by atoms with Gasteiger partial charge < -0.3 is 0 Å². The van der Waals surface area contributed by atoms with Crippen LogP contribution in [0.5, 0.6) is 0 Å². The highest BCUT2D eigenvalue weighted by atomic mass is 32.2. The molecule has 1 aliphatic rings. The lowest BCUT2D eigenvalue weighted by Crippen LogP contribution is -2.31. The van der Waals surface area contributed by atoms with Crippen LogP contribution in [0.1, 0.15) is 5.56 Å². The molecular formula is C10H13NO3S. The predicted octanol–water partition coefficient (Wildman–Crippen LogP) is 0.804. The molecule has 15 heavy (non-hydrogen) atoms. The van der Waals surface area contributed by atoms with Gasteiger partial charge in [0.2, 0.25) is 0 Å². The zero-order chi connectivity index (χ0) is 10.9. The van der Waals surface area contributed by atoms with Gasteiger partial charge in [0.1, 0.15) is 0 Å². The van der Waals surface area contributed by atoms with Crippen LogP contribution in [0.25, 0.3) is 0 Å². The van der Waals surface area contributed by atoms with Crippen LogP contribution in [0.4, 0.5) is 0 Å². The van der Waals surface area contributed by atoms with Gasteiger partial charge in [-0.1, -0.05) is 30.3 Å². The zero-order valence-electron chi connectivity index (χ0n) is 8.46. The minimum absolute atomic E-state index is 0.0857.